The van der Waals surface area contributed by atoms with Crippen molar-refractivity contribution in [1.82, 2.24) is 20.1 Å². The van der Waals surface area contributed by atoms with Gasteiger partial charge in [0.05, 0.1) is 17.4 Å². The second-order valence-corrected chi connectivity index (χ2v) is 9.69. The molecule has 1 fully saturated rings. The van der Waals surface area contributed by atoms with Gasteiger partial charge in [0.15, 0.2) is 0 Å². The van der Waals surface area contributed by atoms with Crippen molar-refractivity contribution in [3.63, 3.8) is 0 Å². The molecule has 1 atom stereocenters. The largest absolute Gasteiger partial charge is 0.357 e. The van der Waals surface area contributed by atoms with E-state index in [0.29, 0.717) is 30.1 Å². The summed E-state index contributed by atoms with van der Waals surface area (Å²) in [5, 5.41) is 5.48. The van der Waals surface area contributed by atoms with Crippen LogP contribution >= 0.6 is 11.3 Å². The van der Waals surface area contributed by atoms with E-state index in [-0.39, 0.29) is 18.8 Å². The quantitative estimate of drug-likeness (QED) is 0.318. The van der Waals surface area contributed by atoms with Crippen LogP contribution in [0.2, 0.25) is 0 Å². The Morgan fingerprint density at radius 1 is 1.24 bits per heavy atom. The number of nitrogens with one attached hydrogen (secondary N) is 2. The Balaban J connectivity index is 1.71. The molecule has 3 rings (SSSR count). The number of rotatable bonds is 10. The fourth-order valence-corrected chi connectivity index (χ4v) is 4.82. The number of hydrogen-bond acceptors (Lipinski definition) is 7. The number of likely N-dealkylation sites (N-methyl/N-ethyl adjacent to an activating group) is 1. The number of carbonyl (C=O) groups is 3. The molecule has 1 saturated heterocycles. The van der Waals surface area contributed by atoms with Gasteiger partial charge in [0.2, 0.25) is 5.91 Å². The van der Waals surface area contributed by atoms with Crippen molar-refractivity contribution in [2.45, 2.75) is 32.7 Å². The number of aryl methyl sites for hydroxylation is 1. The van der Waals surface area contributed by atoms with E-state index in [4.69, 9.17) is 4.55 Å². The minimum atomic E-state index is -4.39. The van der Waals surface area contributed by atoms with Gasteiger partial charge in [0, 0.05) is 25.0 Å². The molecule has 1 unspecified atom stereocenters. The van der Waals surface area contributed by atoms with Gasteiger partial charge in [-0.05, 0) is 43.5 Å². The molecule has 11 nitrogen and oxygen atoms in total. The topological polar surface area (TPSA) is 149 Å². The number of aromatic nitrogens is 1. The van der Waals surface area contributed by atoms with E-state index in [0.717, 1.165) is 12.1 Å². The SMILES string of the molecule is CCc1csc(C(Cc2[c]cc(NS(=O)(=O)O)cc2)NC(=O)CN2CCN(CC)C(=O)C2=O)n1. The Hall–Kier alpha value is -3.03. The summed E-state index contributed by atoms with van der Waals surface area (Å²) >= 11 is 1.40. The number of hydrogen-bond donors (Lipinski definition) is 3. The summed E-state index contributed by atoms with van der Waals surface area (Å²) in [5.41, 5.74) is 1.69. The molecule has 0 saturated carbocycles. The smallest absolute Gasteiger partial charge is 0.345 e. The zero-order valence-electron chi connectivity index (χ0n) is 18.8. The first-order valence-electron chi connectivity index (χ1n) is 10.7. The lowest BCUT2D eigenvalue weighted by Gasteiger charge is -2.32. The van der Waals surface area contributed by atoms with Crippen molar-refractivity contribution in [3.8, 4) is 0 Å². The molecule has 2 aromatic rings. The number of piperazine rings is 1. The second kappa shape index (κ2) is 10.9. The van der Waals surface area contributed by atoms with Gasteiger partial charge in [-0.3, -0.25) is 23.7 Å². The molecule has 2 heterocycles. The first kappa shape index (κ1) is 25.6. The highest BCUT2D eigenvalue weighted by atomic mass is 32.2. The first-order chi connectivity index (χ1) is 16.1. The van der Waals surface area contributed by atoms with E-state index >= 15 is 0 Å². The Morgan fingerprint density at radius 3 is 2.53 bits per heavy atom. The summed E-state index contributed by atoms with van der Waals surface area (Å²) in [5.74, 6) is -1.73. The highest BCUT2D eigenvalue weighted by molar-refractivity contribution is 7.87. The molecule has 0 aliphatic carbocycles. The highest BCUT2D eigenvalue weighted by Gasteiger charge is 2.33. The highest BCUT2D eigenvalue weighted by Crippen LogP contribution is 2.23. The minimum absolute atomic E-state index is 0.142. The lowest BCUT2D eigenvalue weighted by molar-refractivity contribution is -0.156. The van der Waals surface area contributed by atoms with Crippen molar-refractivity contribution in [3.05, 3.63) is 45.9 Å². The Morgan fingerprint density at radius 2 is 1.94 bits per heavy atom. The van der Waals surface area contributed by atoms with E-state index in [2.05, 4.69) is 16.4 Å². The van der Waals surface area contributed by atoms with E-state index < -0.39 is 34.1 Å². The molecule has 183 valence electrons. The standard InChI is InChI=1S/C21H26N5O6S2/c1-3-15-13-33-19(22-15)17(11-14-5-7-16(8-6-14)24-34(30,31)32)23-18(27)12-26-10-9-25(4-2)20(28)21(26)29/h5,7-8,13,17,24H,3-4,9-12H2,1-2H3,(H,23,27)(H,30,31,32). The summed E-state index contributed by atoms with van der Waals surface area (Å²) in [6, 6.07) is 6.88. The van der Waals surface area contributed by atoms with Gasteiger partial charge < -0.3 is 15.1 Å². The number of thiazole rings is 1. The Bertz CT molecular complexity index is 1150. The third kappa shape index (κ3) is 6.74. The lowest BCUT2D eigenvalue weighted by atomic mass is 10.1. The minimum Gasteiger partial charge on any atom is -0.345 e. The molecule has 0 spiro atoms. The maximum absolute atomic E-state index is 12.8. The fourth-order valence-electron chi connectivity index (χ4n) is 3.44. The van der Waals surface area contributed by atoms with Crippen molar-refractivity contribution in [2.75, 3.05) is 30.9 Å². The molecule has 3 N–H and O–H groups in total. The van der Waals surface area contributed by atoms with E-state index in [1.54, 1.807) is 13.0 Å². The predicted octanol–water partition coefficient (Wildman–Crippen LogP) is 0.811. The van der Waals surface area contributed by atoms with Gasteiger partial charge >= 0.3 is 22.1 Å². The molecule has 13 heteroatoms. The lowest BCUT2D eigenvalue weighted by Crippen LogP contribution is -2.56. The van der Waals surface area contributed by atoms with E-state index in [1.807, 2.05) is 17.0 Å². The number of anilines is 1. The second-order valence-electron chi connectivity index (χ2n) is 7.65. The molecule has 1 aromatic carbocycles. The molecule has 1 aliphatic heterocycles. The van der Waals surface area contributed by atoms with Crippen LogP contribution in [0.5, 0.6) is 0 Å². The molecular weight excluding hydrogens is 482 g/mol. The molecule has 3 amide bonds. The number of benzene rings is 1. The van der Waals surface area contributed by atoms with Crippen LogP contribution in [-0.4, -0.2) is 71.7 Å². The molecule has 1 aliphatic rings. The summed E-state index contributed by atoms with van der Waals surface area (Å²) in [6.07, 6.45) is 1.04. The van der Waals surface area contributed by atoms with Crippen molar-refractivity contribution >= 4 is 45.0 Å². The molecule has 1 aromatic heterocycles. The fraction of sp³-hybridized carbons (Fsp3) is 0.429. The third-order valence-electron chi connectivity index (χ3n) is 5.23. The van der Waals surface area contributed by atoms with Gasteiger partial charge in [-0.1, -0.05) is 13.0 Å². The zero-order chi connectivity index (χ0) is 24.9. The van der Waals surface area contributed by atoms with Crippen molar-refractivity contribution in [1.29, 1.82) is 0 Å². The number of nitrogens with zero attached hydrogens (tertiary/aromatic N) is 3. The average Bonchev–Trinajstić information content (AvgIpc) is 3.26. The van der Waals surface area contributed by atoms with Crippen LogP contribution in [-0.2, 0) is 37.5 Å². The normalized spacial score (nSPS) is 15.4. The number of amides is 3. The van der Waals surface area contributed by atoms with Gasteiger partial charge in [0.1, 0.15) is 11.6 Å². The Kier molecular flexibility index (Phi) is 8.23. The van der Waals surface area contributed by atoms with Crippen molar-refractivity contribution in [2.24, 2.45) is 0 Å². The predicted molar refractivity (Wildman–Crippen MR) is 125 cm³/mol. The maximum atomic E-state index is 12.8. The molecule has 0 bridgehead atoms. The molecule has 34 heavy (non-hydrogen) atoms. The van der Waals surface area contributed by atoms with Crippen LogP contribution in [0.3, 0.4) is 0 Å². The van der Waals surface area contributed by atoms with Gasteiger partial charge in [-0.2, -0.15) is 8.42 Å². The number of carbonyl (C=O) groups excluding carboxylic acids is 3. The van der Waals surface area contributed by atoms with E-state index in [9.17, 15) is 22.8 Å². The molecular formula is C21H26N5O6S2. The van der Waals surface area contributed by atoms with Crippen LogP contribution in [0.4, 0.5) is 5.69 Å². The van der Waals surface area contributed by atoms with Crippen molar-refractivity contribution < 1.29 is 27.4 Å². The average molecular weight is 509 g/mol. The van der Waals surface area contributed by atoms with Gasteiger partial charge in [-0.15, -0.1) is 11.3 Å². The van der Waals surface area contributed by atoms with Crippen LogP contribution < -0.4 is 10.0 Å². The van der Waals surface area contributed by atoms with Crippen LogP contribution in [0, 0.1) is 6.07 Å². The summed E-state index contributed by atoms with van der Waals surface area (Å²) < 4.78 is 32.8. The summed E-state index contributed by atoms with van der Waals surface area (Å²) in [6.45, 7) is 4.61. The monoisotopic (exact) mass is 508 g/mol. The third-order valence-corrected chi connectivity index (χ3v) is 6.73. The van der Waals surface area contributed by atoms with Crippen LogP contribution in [0.15, 0.2) is 23.6 Å². The zero-order valence-corrected chi connectivity index (χ0v) is 20.4. The van der Waals surface area contributed by atoms with Gasteiger partial charge in [0.25, 0.3) is 0 Å². The first-order valence-corrected chi connectivity index (χ1v) is 13.0. The summed E-state index contributed by atoms with van der Waals surface area (Å²) in [4.78, 5) is 44.5. The van der Waals surface area contributed by atoms with Crippen LogP contribution in [0.25, 0.3) is 0 Å². The maximum Gasteiger partial charge on any atom is 0.357 e. The van der Waals surface area contributed by atoms with E-state index in [1.165, 1.54) is 33.3 Å². The van der Waals surface area contributed by atoms with Gasteiger partial charge in [-0.25, -0.2) is 4.98 Å². The molecule has 1 radical (unpaired) electrons. The Labute approximate surface area is 202 Å². The summed E-state index contributed by atoms with van der Waals surface area (Å²) in [7, 11) is -4.39. The van der Waals surface area contributed by atoms with Crippen LogP contribution in [0.1, 0.15) is 36.2 Å².